The lowest BCUT2D eigenvalue weighted by Crippen LogP contribution is -2.63. The fourth-order valence-electron chi connectivity index (χ4n) is 5.64. The van der Waals surface area contributed by atoms with Gasteiger partial charge in [0.15, 0.2) is 0 Å². The third kappa shape index (κ3) is 2.80. The van der Waals surface area contributed by atoms with Crippen molar-refractivity contribution in [1.29, 1.82) is 0 Å². The SMILES string of the molecule is COC1(CNC(=O)Nc2cccc(Cl)c2)C2CC3CC(C2)CC1C3. The van der Waals surface area contributed by atoms with Gasteiger partial charge in [-0.2, -0.15) is 0 Å². The number of amides is 2. The average molecular weight is 349 g/mol. The van der Waals surface area contributed by atoms with E-state index in [-0.39, 0.29) is 11.6 Å². The molecule has 2 amide bonds. The molecule has 4 nitrogen and oxygen atoms in total. The number of halogens is 1. The molecule has 0 radical (unpaired) electrons. The van der Waals surface area contributed by atoms with Crippen LogP contribution in [0.3, 0.4) is 0 Å². The molecule has 0 unspecified atom stereocenters. The number of methoxy groups -OCH3 is 1. The summed E-state index contributed by atoms with van der Waals surface area (Å²) < 4.78 is 6.07. The molecule has 4 fully saturated rings. The number of urea groups is 1. The van der Waals surface area contributed by atoms with Crippen molar-refractivity contribution < 1.29 is 9.53 Å². The predicted molar refractivity (Wildman–Crippen MR) is 95.3 cm³/mol. The third-order valence-corrected chi connectivity index (χ3v) is 6.74. The van der Waals surface area contributed by atoms with Gasteiger partial charge in [0, 0.05) is 24.4 Å². The van der Waals surface area contributed by atoms with Gasteiger partial charge in [-0.1, -0.05) is 17.7 Å². The van der Waals surface area contributed by atoms with Gasteiger partial charge in [-0.15, -0.1) is 0 Å². The van der Waals surface area contributed by atoms with E-state index in [4.69, 9.17) is 16.3 Å². The highest BCUT2D eigenvalue weighted by atomic mass is 35.5. The van der Waals surface area contributed by atoms with Crippen molar-refractivity contribution in [3.05, 3.63) is 29.3 Å². The number of rotatable bonds is 4. The molecule has 2 N–H and O–H groups in total. The standard InChI is InChI=1S/C19H25ClN2O2/c1-24-19(14-6-12-5-13(8-14)9-15(19)7-12)11-21-18(23)22-17-4-2-3-16(20)10-17/h2-4,10,12-15H,5-9,11H2,1H3,(H2,21,22,23). The summed E-state index contributed by atoms with van der Waals surface area (Å²) in [5.74, 6) is 2.95. The number of hydrogen-bond acceptors (Lipinski definition) is 2. The van der Waals surface area contributed by atoms with E-state index in [0.29, 0.717) is 29.1 Å². The second-order valence-corrected chi connectivity index (χ2v) is 8.22. The minimum atomic E-state index is -0.192. The fourth-order valence-corrected chi connectivity index (χ4v) is 5.83. The van der Waals surface area contributed by atoms with Crippen molar-refractivity contribution in [2.75, 3.05) is 19.0 Å². The quantitative estimate of drug-likeness (QED) is 0.852. The molecular weight excluding hydrogens is 324 g/mol. The Morgan fingerprint density at radius 1 is 1.21 bits per heavy atom. The highest BCUT2D eigenvalue weighted by molar-refractivity contribution is 6.30. The lowest BCUT2D eigenvalue weighted by molar-refractivity contribution is -0.186. The van der Waals surface area contributed by atoms with Gasteiger partial charge >= 0.3 is 6.03 Å². The Balaban J connectivity index is 1.41. The predicted octanol–water partition coefficient (Wildman–Crippen LogP) is 4.30. The summed E-state index contributed by atoms with van der Waals surface area (Å²) in [6.07, 6.45) is 6.46. The Morgan fingerprint density at radius 3 is 2.46 bits per heavy atom. The summed E-state index contributed by atoms with van der Waals surface area (Å²) in [4.78, 5) is 12.3. The molecular formula is C19H25ClN2O2. The highest BCUT2D eigenvalue weighted by Gasteiger charge is 2.57. The number of anilines is 1. The molecule has 1 aromatic carbocycles. The summed E-state index contributed by atoms with van der Waals surface area (Å²) in [6.45, 7) is 0.588. The molecule has 0 atom stereocenters. The summed E-state index contributed by atoms with van der Waals surface area (Å²) in [5, 5.41) is 6.52. The zero-order valence-corrected chi connectivity index (χ0v) is 14.8. The molecule has 4 saturated carbocycles. The monoisotopic (exact) mass is 348 g/mol. The van der Waals surface area contributed by atoms with Crippen LogP contribution in [0.15, 0.2) is 24.3 Å². The zero-order valence-electron chi connectivity index (χ0n) is 14.1. The van der Waals surface area contributed by atoms with Gasteiger partial charge in [-0.25, -0.2) is 4.79 Å². The maximum absolute atomic E-state index is 12.3. The van der Waals surface area contributed by atoms with Crippen LogP contribution in [-0.4, -0.2) is 25.3 Å². The highest BCUT2D eigenvalue weighted by Crippen LogP contribution is 2.59. The first-order valence-corrected chi connectivity index (χ1v) is 9.32. The molecule has 5 rings (SSSR count). The number of hydrogen-bond donors (Lipinski definition) is 2. The van der Waals surface area contributed by atoms with Gasteiger partial charge in [-0.05, 0) is 74.0 Å². The Labute approximate surface area is 148 Å². The van der Waals surface area contributed by atoms with E-state index in [2.05, 4.69) is 10.6 Å². The van der Waals surface area contributed by atoms with Crippen molar-refractivity contribution in [1.82, 2.24) is 5.32 Å². The summed E-state index contributed by atoms with van der Waals surface area (Å²) in [7, 11) is 1.82. The molecule has 0 aromatic heterocycles. The van der Waals surface area contributed by atoms with Crippen molar-refractivity contribution >= 4 is 23.3 Å². The van der Waals surface area contributed by atoms with Crippen molar-refractivity contribution in [2.45, 2.75) is 37.7 Å². The largest absolute Gasteiger partial charge is 0.376 e. The van der Waals surface area contributed by atoms with E-state index >= 15 is 0 Å². The van der Waals surface area contributed by atoms with Crippen LogP contribution in [0.1, 0.15) is 32.1 Å². The zero-order chi connectivity index (χ0) is 16.7. The van der Waals surface area contributed by atoms with Crippen LogP contribution in [0.4, 0.5) is 10.5 Å². The molecule has 5 heteroatoms. The van der Waals surface area contributed by atoms with E-state index in [1.54, 1.807) is 12.1 Å². The molecule has 24 heavy (non-hydrogen) atoms. The lowest BCUT2D eigenvalue weighted by atomic mass is 9.49. The second kappa shape index (κ2) is 6.23. The van der Waals surface area contributed by atoms with Gasteiger partial charge in [0.2, 0.25) is 0 Å². The van der Waals surface area contributed by atoms with Crippen LogP contribution in [0, 0.1) is 23.7 Å². The van der Waals surface area contributed by atoms with Crippen molar-refractivity contribution in [3.63, 3.8) is 0 Å². The Bertz CT molecular complexity index is 606. The van der Waals surface area contributed by atoms with Gasteiger partial charge in [-0.3, -0.25) is 0 Å². The van der Waals surface area contributed by atoms with Crippen molar-refractivity contribution in [3.8, 4) is 0 Å². The van der Waals surface area contributed by atoms with Gasteiger partial charge in [0.1, 0.15) is 0 Å². The molecule has 0 spiro atoms. The number of carbonyl (C=O) groups excluding carboxylic acids is 1. The van der Waals surface area contributed by atoms with Crippen LogP contribution < -0.4 is 10.6 Å². The normalized spacial score (nSPS) is 36.6. The second-order valence-electron chi connectivity index (χ2n) is 7.78. The maximum Gasteiger partial charge on any atom is 0.319 e. The molecule has 0 aliphatic heterocycles. The van der Waals surface area contributed by atoms with E-state index in [0.717, 1.165) is 11.8 Å². The summed E-state index contributed by atoms with van der Waals surface area (Å²) in [5.41, 5.74) is 0.524. The molecule has 0 saturated heterocycles. The summed E-state index contributed by atoms with van der Waals surface area (Å²) >= 11 is 5.96. The van der Waals surface area contributed by atoms with Crippen LogP contribution in [0.5, 0.6) is 0 Å². The first kappa shape index (κ1) is 16.2. The van der Waals surface area contributed by atoms with Gasteiger partial charge in [0.05, 0.1) is 5.60 Å². The minimum absolute atomic E-state index is 0.181. The number of ether oxygens (including phenoxy) is 1. The molecule has 0 heterocycles. The third-order valence-electron chi connectivity index (χ3n) is 6.51. The molecule has 130 valence electrons. The Hall–Kier alpha value is -1.26. The fraction of sp³-hybridized carbons (Fsp3) is 0.632. The van der Waals surface area contributed by atoms with Gasteiger partial charge in [0.25, 0.3) is 0 Å². The van der Waals surface area contributed by atoms with Crippen LogP contribution in [0.25, 0.3) is 0 Å². The van der Waals surface area contributed by atoms with E-state index in [1.807, 2.05) is 19.2 Å². The number of benzene rings is 1. The van der Waals surface area contributed by atoms with Crippen LogP contribution in [-0.2, 0) is 4.74 Å². The van der Waals surface area contributed by atoms with Gasteiger partial charge < -0.3 is 15.4 Å². The van der Waals surface area contributed by atoms with E-state index < -0.39 is 0 Å². The minimum Gasteiger partial charge on any atom is -0.376 e. The number of nitrogens with one attached hydrogen (secondary N) is 2. The Kier molecular flexibility index (Phi) is 4.21. The van der Waals surface area contributed by atoms with E-state index in [9.17, 15) is 4.79 Å². The molecule has 4 aliphatic carbocycles. The van der Waals surface area contributed by atoms with Crippen LogP contribution >= 0.6 is 11.6 Å². The number of carbonyl (C=O) groups is 1. The molecule has 1 aromatic rings. The summed E-state index contributed by atoms with van der Waals surface area (Å²) in [6, 6.07) is 7.00. The molecule has 4 aliphatic rings. The topological polar surface area (TPSA) is 50.4 Å². The van der Waals surface area contributed by atoms with Crippen LogP contribution in [0.2, 0.25) is 5.02 Å². The maximum atomic E-state index is 12.3. The smallest absolute Gasteiger partial charge is 0.319 e. The average Bonchev–Trinajstić information content (AvgIpc) is 2.54. The first-order valence-electron chi connectivity index (χ1n) is 8.94. The van der Waals surface area contributed by atoms with E-state index in [1.165, 1.54) is 32.1 Å². The van der Waals surface area contributed by atoms with Crippen molar-refractivity contribution in [2.24, 2.45) is 23.7 Å². The first-order chi connectivity index (χ1) is 11.6. The lowest BCUT2D eigenvalue weighted by Gasteiger charge is -2.60. The Morgan fingerprint density at radius 2 is 1.88 bits per heavy atom. The molecule has 4 bridgehead atoms.